The van der Waals surface area contributed by atoms with E-state index in [9.17, 15) is 9.59 Å². The second kappa shape index (κ2) is 7.79. The van der Waals surface area contributed by atoms with Crippen LogP contribution in [0.25, 0.3) is 0 Å². The number of rotatable bonds is 5. The van der Waals surface area contributed by atoms with Gasteiger partial charge in [-0.25, -0.2) is 0 Å². The fourth-order valence-corrected chi connectivity index (χ4v) is 2.24. The van der Waals surface area contributed by atoms with E-state index >= 15 is 0 Å². The Hall–Kier alpha value is -2.60. The number of hydrogen-bond donors (Lipinski definition) is 2. The lowest BCUT2D eigenvalue weighted by Crippen LogP contribution is -2.30. The molecule has 1 aromatic carbocycles. The lowest BCUT2D eigenvalue weighted by Gasteiger charge is -2.10. The number of nitrogens with one attached hydrogen (secondary N) is 2. The SMILES string of the molecule is COc1ccc(NC(=O)c2cc(C(=O)NC(C)C)ccn2)cc1Cl. The van der Waals surface area contributed by atoms with Crippen LogP contribution in [0.3, 0.4) is 0 Å². The molecule has 0 atom stereocenters. The highest BCUT2D eigenvalue weighted by molar-refractivity contribution is 6.32. The molecule has 2 amide bonds. The van der Waals surface area contributed by atoms with Crippen molar-refractivity contribution < 1.29 is 14.3 Å². The third-order valence-electron chi connectivity index (χ3n) is 3.08. The Morgan fingerprint density at radius 3 is 2.54 bits per heavy atom. The number of hydrogen-bond acceptors (Lipinski definition) is 4. The number of halogens is 1. The summed E-state index contributed by atoms with van der Waals surface area (Å²) in [4.78, 5) is 28.3. The maximum Gasteiger partial charge on any atom is 0.274 e. The smallest absolute Gasteiger partial charge is 0.274 e. The van der Waals surface area contributed by atoms with Crippen LogP contribution in [0.2, 0.25) is 5.02 Å². The summed E-state index contributed by atoms with van der Waals surface area (Å²) >= 11 is 6.03. The fraction of sp³-hybridized carbons (Fsp3) is 0.235. The Morgan fingerprint density at radius 2 is 1.92 bits per heavy atom. The van der Waals surface area contributed by atoms with Crippen molar-refractivity contribution in [2.45, 2.75) is 19.9 Å². The van der Waals surface area contributed by atoms with Crippen LogP contribution < -0.4 is 15.4 Å². The molecule has 1 aromatic heterocycles. The standard InChI is InChI=1S/C17H18ClN3O3/c1-10(2)20-16(22)11-6-7-19-14(8-11)17(23)21-12-4-5-15(24-3)13(18)9-12/h4-10H,1-3H3,(H,20,22)(H,21,23). The Labute approximate surface area is 145 Å². The molecule has 1 heterocycles. The van der Waals surface area contributed by atoms with Crippen molar-refractivity contribution >= 4 is 29.1 Å². The summed E-state index contributed by atoms with van der Waals surface area (Å²) in [5, 5.41) is 5.83. The molecule has 0 fully saturated rings. The van der Waals surface area contributed by atoms with Gasteiger partial charge in [0.15, 0.2) is 0 Å². The van der Waals surface area contributed by atoms with Crippen molar-refractivity contribution in [1.82, 2.24) is 10.3 Å². The quantitative estimate of drug-likeness (QED) is 0.870. The minimum absolute atomic E-state index is 0.00406. The Balaban J connectivity index is 2.15. The van der Waals surface area contributed by atoms with Gasteiger partial charge in [-0.2, -0.15) is 0 Å². The van der Waals surface area contributed by atoms with Gasteiger partial charge in [-0.1, -0.05) is 11.6 Å². The van der Waals surface area contributed by atoms with Crippen molar-refractivity contribution in [2.24, 2.45) is 0 Å². The number of amides is 2. The summed E-state index contributed by atoms with van der Waals surface area (Å²) in [5.41, 5.74) is 1.01. The highest BCUT2D eigenvalue weighted by Gasteiger charge is 2.13. The van der Waals surface area contributed by atoms with Gasteiger partial charge >= 0.3 is 0 Å². The van der Waals surface area contributed by atoms with E-state index in [0.29, 0.717) is 22.0 Å². The monoisotopic (exact) mass is 347 g/mol. The molecule has 6 nitrogen and oxygen atoms in total. The number of carbonyl (C=O) groups excluding carboxylic acids is 2. The fourth-order valence-electron chi connectivity index (χ4n) is 1.98. The van der Waals surface area contributed by atoms with E-state index in [4.69, 9.17) is 16.3 Å². The molecule has 0 aliphatic carbocycles. The molecule has 7 heteroatoms. The lowest BCUT2D eigenvalue weighted by molar-refractivity contribution is 0.0943. The first-order valence-electron chi connectivity index (χ1n) is 7.32. The van der Waals surface area contributed by atoms with E-state index in [1.54, 1.807) is 24.3 Å². The first kappa shape index (κ1) is 17.7. The first-order valence-corrected chi connectivity index (χ1v) is 7.70. The van der Waals surface area contributed by atoms with Crippen LogP contribution >= 0.6 is 11.6 Å². The third kappa shape index (κ3) is 4.45. The van der Waals surface area contributed by atoms with Gasteiger partial charge in [-0.15, -0.1) is 0 Å². The van der Waals surface area contributed by atoms with Crippen molar-refractivity contribution in [3.8, 4) is 5.75 Å². The molecular formula is C17H18ClN3O3. The summed E-state index contributed by atoms with van der Waals surface area (Å²) in [6.45, 7) is 3.72. The van der Waals surface area contributed by atoms with E-state index in [1.165, 1.54) is 19.4 Å². The number of carbonyl (C=O) groups is 2. The minimum Gasteiger partial charge on any atom is -0.495 e. The maximum absolute atomic E-state index is 12.3. The predicted octanol–water partition coefficient (Wildman–Crippen LogP) is 3.13. The zero-order valence-corrected chi connectivity index (χ0v) is 14.3. The number of methoxy groups -OCH3 is 1. The van der Waals surface area contributed by atoms with Crippen molar-refractivity contribution in [3.63, 3.8) is 0 Å². The topological polar surface area (TPSA) is 80.3 Å². The van der Waals surface area contributed by atoms with Gasteiger partial charge in [0.25, 0.3) is 11.8 Å². The molecule has 0 saturated heterocycles. The number of pyridine rings is 1. The Kier molecular flexibility index (Phi) is 5.76. The second-order valence-electron chi connectivity index (χ2n) is 5.36. The largest absolute Gasteiger partial charge is 0.495 e. The molecular weight excluding hydrogens is 330 g/mol. The van der Waals surface area contributed by atoms with E-state index in [2.05, 4.69) is 15.6 Å². The van der Waals surface area contributed by atoms with Gasteiger partial charge in [-0.05, 0) is 44.2 Å². The molecule has 0 unspecified atom stereocenters. The van der Waals surface area contributed by atoms with Gasteiger partial charge in [0.2, 0.25) is 0 Å². The number of nitrogens with zero attached hydrogens (tertiary/aromatic N) is 1. The number of benzene rings is 1. The van der Waals surface area contributed by atoms with Crippen LogP contribution in [0.15, 0.2) is 36.5 Å². The third-order valence-corrected chi connectivity index (χ3v) is 3.38. The summed E-state index contributed by atoms with van der Waals surface area (Å²) in [5.74, 6) is -0.176. The number of ether oxygens (including phenoxy) is 1. The van der Waals surface area contributed by atoms with Gasteiger partial charge < -0.3 is 15.4 Å². The van der Waals surface area contributed by atoms with Gasteiger partial charge in [0.1, 0.15) is 11.4 Å². The van der Waals surface area contributed by atoms with E-state index < -0.39 is 5.91 Å². The maximum atomic E-state index is 12.3. The van der Waals surface area contributed by atoms with Crippen molar-refractivity contribution in [2.75, 3.05) is 12.4 Å². The van der Waals surface area contributed by atoms with Gasteiger partial charge in [0, 0.05) is 23.5 Å². The Bertz CT molecular complexity index is 762. The Morgan fingerprint density at radius 1 is 1.17 bits per heavy atom. The predicted molar refractivity (Wildman–Crippen MR) is 92.8 cm³/mol. The normalized spacial score (nSPS) is 10.4. The molecule has 0 bridgehead atoms. The molecule has 2 rings (SSSR count). The molecule has 126 valence electrons. The first-order chi connectivity index (χ1) is 11.4. The minimum atomic E-state index is -0.435. The molecule has 2 N–H and O–H groups in total. The van der Waals surface area contributed by atoms with Gasteiger partial charge in [0.05, 0.1) is 12.1 Å². The van der Waals surface area contributed by atoms with E-state index in [1.807, 2.05) is 13.8 Å². The average Bonchev–Trinajstić information content (AvgIpc) is 2.54. The van der Waals surface area contributed by atoms with E-state index in [0.717, 1.165) is 0 Å². The van der Waals surface area contributed by atoms with Crippen LogP contribution in [0.5, 0.6) is 5.75 Å². The molecule has 0 radical (unpaired) electrons. The van der Waals surface area contributed by atoms with Crippen molar-refractivity contribution in [3.05, 3.63) is 52.8 Å². The highest BCUT2D eigenvalue weighted by atomic mass is 35.5. The summed E-state index contributed by atoms with van der Waals surface area (Å²) < 4.78 is 5.06. The van der Waals surface area contributed by atoms with Crippen LogP contribution in [0.1, 0.15) is 34.7 Å². The molecule has 0 saturated carbocycles. The highest BCUT2D eigenvalue weighted by Crippen LogP contribution is 2.27. The summed E-state index contributed by atoms with van der Waals surface area (Å²) in [6, 6.07) is 7.89. The molecule has 0 aliphatic heterocycles. The molecule has 0 aliphatic rings. The van der Waals surface area contributed by atoms with Crippen LogP contribution in [-0.2, 0) is 0 Å². The van der Waals surface area contributed by atoms with E-state index in [-0.39, 0.29) is 17.6 Å². The zero-order chi connectivity index (χ0) is 17.7. The zero-order valence-electron chi connectivity index (χ0n) is 13.6. The summed E-state index contributed by atoms with van der Waals surface area (Å²) in [6.07, 6.45) is 1.42. The molecule has 0 spiro atoms. The molecule has 24 heavy (non-hydrogen) atoms. The van der Waals surface area contributed by atoms with Crippen LogP contribution in [0.4, 0.5) is 5.69 Å². The van der Waals surface area contributed by atoms with Crippen LogP contribution in [0, 0.1) is 0 Å². The van der Waals surface area contributed by atoms with Gasteiger partial charge in [-0.3, -0.25) is 14.6 Å². The number of anilines is 1. The van der Waals surface area contributed by atoms with Crippen LogP contribution in [-0.4, -0.2) is 29.9 Å². The number of aromatic nitrogens is 1. The second-order valence-corrected chi connectivity index (χ2v) is 5.77. The lowest BCUT2D eigenvalue weighted by atomic mass is 10.2. The molecule has 2 aromatic rings. The summed E-state index contributed by atoms with van der Waals surface area (Å²) in [7, 11) is 1.51. The average molecular weight is 348 g/mol. The van der Waals surface area contributed by atoms with Crippen molar-refractivity contribution in [1.29, 1.82) is 0 Å².